The summed E-state index contributed by atoms with van der Waals surface area (Å²) >= 11 is 0. The van der Waals surface area contributed by atoms with Gasteiger partial charge < -0.3 is 24.4 Å². The number of carbonyl (C=O) groups excluding carboxylic acids is 2. The molecule has 4 heterocycles. The predicted molar refractivity (Wildman–Crippen MR) is 146 cm³/mol. The van der Waals surface area contributed by atoms with E-state index in [-0.39, 0.29) is 41.1 Å². The van der Waals surface area contributed by atoms with Crippen molar-refractivity contribution in [2.24, 2.45) is 0 Å². The third kappa shape index (κ3) is 4.63. The zero-order valence-electron chi connectivity index (χ0n) is 22.9. The maximum absolute atomic E-state index is 14.2. The molecule has 0 radical (unpaired) electrons. The number of halogens is 1. The molecular weight excluding hydrogens is 503 g/mol. The van der Waals surface area contributed by atoms with Gasteiger partial charge in [0.2, 0.25) is 0 Å². The summed E-state index contributed by atoms with van der Waals surface area (Å²) in [6, 6.07) is 3.87. The maximum atomic E-state index is 14.2. The van der Waals surface area contributed by atoms with Crippen LogP contribution in [0.5, 0.6) is 5.75 Å². The molecule has 11 heteroatoms. The van der Waals surface area contributed by atoms with Crippen molar-refractivity contribution in [2.45, 2.75) is 52.1 Å². The summed E-state index contributed by atoms with van der Waals surface area (Å²) in [5.74, 6) is -0.329. The summed E-state index contributed by atoms with van der Waals surface area (Å²) in [6.45, 7) is 6.13. The number of ether oxygens (including phenoxy) is 1. The largest absolute Gasteiger partial charge is 0.493 e. The number of hydrogen-bond acceptors (Lipinski definition) is 6. The number of likely N-dealkylation sites (N-methyl/N-ethyl adjacent to an activating group) is 1. The fourth-order valence-electron chi connectivity index (χ4n) is 5.72. The second-order valence-electron chi connectivity index (χ2n) is 10.3. The normalized spacial score (nSPS) is 18.7. The minimum atomic E-state index is -0.534. The van der Waals surface area contributed by atoms with E-state index in [9.17, 15) is 18.8 Å². The number of aromatic nitrogens is 3. The standard InChI is InChI=1S/C28H35FN6O4/c1-5-33-15-17(2)35-22-21(24(39-4)23(35)28(33)38)27(37)34-16-18-10-11-19(29)14-20(18)26(36)30-12-8-6-7-9-13-32(3)25(22)31-34/h10-11,14,17H,5-9,12-13,15-16H2,1-4H3,(H,30,36)/t17-/m0/s1. The molecule has 0 saturated heterocycles. The number of fused-ring (bicyclic) bond motifs is 7. The van der Waals surface area contributed by atoms with E-state index in [0.29, 0.717) is 48.8 Å². The highest BCUT2D eigenvalue weighted by Gasteiger charge is 2.37. The highest BCUT2D eigenvalue weighted by atomic mass is 19.1. The molecule has 2 amide bonds. The van der Waals surface area contributed by atoms with E-state index in [1.165, 1.54) is 30.0 Å². The van der Waals surface area contributed by atoms with E-state index in [1.807, 2.05) is 30.4 Å². The first-order chi connectivity index (χ1) is 18.8. The molecule has 0 saturated carbocycles. The van der Waals surface area contributed by atoms with Crippen LogP contribution in [0.2, 0.25) is 0 Å². The Morgan fingerprint density at radius 3 is 2.67 bits per heavy atom. The van der Waals surface area contributed by atoms with Crippen molar-refractivity contribution in [1.82, 2.24) is 24.6 Å². The number of nitrogens with zero attached hydrogens (tertiary/aromatic N) is 5. The molecular formula is C28H35FN6O4. The zero-order valence-corrected chi connectivity index (χ0v) is 22.9. The lowest BCUT2D eigenvalue weighted by Crippen LogP contribution is -2.42. The average Bonchev–Trinajstić information content (AvgIpc) is 3.28. The second kappa shape index (κ2) is 10.7. The average molecular weight is 539 g/mol. The molecule has 5 rings (SSSR count). The van der Waals surface area contributed by atoms with Crippen LogP contribution in [0, 0.1) is 5.82 Å². The van der Waals surface area contributed by atoms with Crippen LogP contribution in [-0.4, -0.2) is 71.4 Å². The van der Waals surface area contributed by atoms with Gasteiger partial charge in [0, 0.05) is 44.8 Å². The number of amides is 2. The molecule has 2 aromatic heterocycles. The number of nitrogens with one attached hydrogen (secondary N) is 1. The van der Waals surface area contributed by atoms with Crippen LogP contribution in [0.4, 0.5) is 10.2 Å². The van der Waals surface area contributed by atoms with Crippen LogP contribution in [0.25, 0.3) is 10.9 Å². The molecule has 1 aromatic carbocycles. The second-order valence-corrected chi connectivity index (χ2v) is 10.3. The minimum absolute atomic E-state index is 0.0487. The van der Waals surface area contributed by atoms with Gasteiger partial charge in [0.15, 0.2) is 17.3 Å². The van der Waals surface area contributed by atoms with E-state index in [4.69, 9.17) is 9.84 Å². The molecule has 1 N–H and O–H groups in total. The van der Waals surface area contributed by atoms with Gasteiger partial charge in [-0.1, -0.05) is 18.9 Å². The van der Waals surface area contributed by atoms with Crippen molar-refractivity contribution in [3.8, 4) is 5.75 Å². The summed E-state index contributed by atoms with van der Waals surface area (Å²) in [5, 5.41) is 7.95. The number of benzene rings is 1. The van der Waals surface area contributed by atoms with Crippen molar-refractivity contribution in [3.05, 3.63) is 51.2 Å². The summed E-state index contributed by atoms with van der Waals surface area (Å²) < 4.78 is 23.1. The summed E-state index contributed by atoms with van der Waals surface area (Å²) in [7, 11) is 3.40. The minimum Gasteiger partial charge on any atom is -0.493 e. The van der Waals surface area contributed by atoms with Crippen LogP contribution in [0.3, 0.4) is 0 Å². The molecule has 10 nitrogen and oxygen atoms in total. The van der Waals surface area contributed by atoms with Gasteiger partial charge in [0.1, 0.15) is 16.7 Å². The van der Waals surface area contributed by atoms with Crippen molar-refractivity contribution >= 4 is 28.5 Å². The van der Waals surface area contributed by atoms with Gasteiger partial charge in [-0.05, 0) is 44.4 Å². The quantitative estimate of drug-likeness (QED) is 0.538. The van der Waals surface area contributed by atoms with Gasteiger partial charge >= 0.3 is 0 Å². The maximum Gasteiger partial charge on any atom is 0.280 e. The molecule has 3 aromatic rings. The molecule has 39 heavy (non-hydrogen) atoms. The van der Waals surface area contributed by atoms with Crippen LogP contribution >= 0.6 is 0 Å². The molecule has 0 fully saturated rings. The molecule has 0 spiro atoms. The van der Waals surface area contributed by atoms with E-state index in [1.54, 1.807) is 4.90 Å². The third-order valence-electron chi connectivity index (χ3n) is 7.74. The number of methoxy groups -OCH3 is 1. The highest BCUT2D eigenvalue weighted by Crippen LogP contribution is 2.40. The molecule has 2 aliphatic heterocycles. The lowest BCUT2D eigenvalue weighted by molar-refractivity contribution is 0.0685. The Morgan fingerprint density at radius 2 is 1.92 bits per heavy atom. The Morgan fingerprint density at radius 1 is 1.15 bits per heavy atom. The van der Waals surface area contributed by atoms with Gasteiger partial charge in [0.25, 0.3) is 17.4 Å². The summed E-state index contributed by atoms with van der Waals surface area (Å²) in [5.41, 5.74) is 1.11. The van der Waals surface area contributed by atoms with Crippen LogP contribution in [0.1, 0.15) is 72.0 Å². The zero-order chi connectivity index (χ0) is 27.8. The van der Waals surface area contributed by atoms with E-state index in [2.05, 4.69) is 5.32 Å². The fourth-order valence-corrected chi connectivity index (χ4v) is 5.72. The molecule has 1 atom stereocenters. The van der Waals surface area contributed by atoms with Crippen LogP contribution in [0.15, 0.2) is 23.0 Å². The van der Waals surface area contributed by atoms with E-state index >= 15 is 0 Å². The number of anilines is 1. The molecule has 2 aliphatic rings. The Hall–Kier alpha value is -3.89. The van der Waals surface area contributed by atoms with Gasteiger partial charge in [-0.15, -0.1) is 5.10 Å². The summed E-state index contributed by atoms with van der Waals surface area (Å²) in [4.78, 5) is 44.3. The third-order valence-corrected chi connectivity index (χ3v) is 7.74. The van der Waals surface area contributed by atoms with Gasteiger partial charge in [-0.2, -0.15) is 0 Å². The monoisotopic (exact) mass is 538 g/mol. The van der Waals surface area contributed by atoms with Gasteiger partial charge in [-0.25, -0.2) is 9.07 Å². The Balaban J connectivity index is 1.79. The van der Waals surface area contributed by atoms with Crippen molar-refractivity contribution in [2.75, 3.05) is 45.2 Å². The fraction of sp³-hybridized carbons (Fsp3) is 0.500. The lowest BCUT2D eigenvalue weighted by Gasteiger charge is -2.33. The first-order valence-corrected chi connectivity index (χ1v) is 13.6. The van der Waals surface area contributed by atoms with Crippen LogP contribution in [-0.2, 0) is 6.54 Å². The van der Waals surface area contributed by atoms with E-state index in [0.717, 1.165) is 25.7 Å². The van der Waals surface area contributed by atoms with Crippen molar-refractivity contribution < 1.29 is 18.7 Å². The smallest absolute Gasteiger partial charge is 0.280 e. The van der Waals surface area contributed by atoms with Crippen molar-refractivity contribution in [1.29, 1.82) is 0 Å². The highest BCUT2D eigenvalue weighted by molar-refractivity contribution is 6.07. The topological polar surface area (TPSA) is 102 Å². The Bertz CT molecular complexity index is 1500. The van der Waals surface area contributed by atoms with Crippen LogP contribution < -0.4 is 20.5 Å². The molecule has 0 aliphatic carbocycles. The first-order valence-electron chi connectivity index (χ1n) is 13.6. The first kappa shape index (κ1) is 26.7. The van der Waals surface area contributed by atoms with E-state index < -0.39 is 11.4 Å². The molecule has 0 unspecified atom stereocenters. The van der Waals surface area contributed by atoms with Gasteiger partial charge in [-0.3, -0.25) is 14.4 Å². The number of carbonyl (C=O) groups is 2. The Kier molecular flexibility index (Phi) is 7.33. The molecule has 208 valence electrons. The summed E-state index contributed by atoms with van der Waals surface area (Å²) in [6.07, 6.45) is 3.58. The SMILES string of the molecule is CCN1C[C@H](C)n2c(c(OC)c3c(=O)n4nc(c32)N(C)CCCCCCNC(=O)c2cc(F)ccc2C4)C1=O. The molecule has 2 bridgehead atoms. The Labute approximate surface area is 226 Å². The number of hydrogen-bond donors (Lipinski definition) is 1. The lowest BCUT2D eigenvalue weighted by atomic mass is 10.1. The predicted octanol–water partition coefficient (Wildman–Crippen LogP) is 3.17. The number of rotatable bonds is 2. The van der Waals surface area contributed by atoms with Gasteiger partial charge in [0.05, 0.1) is 13.7 Å². The van der Waals surface area contributed by atoms with Crippen molar-refractivity contribution in [3.63, 3.8) is 0 Å².